The third kappa shape index (κ3) is 4.57. The lowest BCUT2D eigenvalue weighted by Gasteiger charge is -2.14. The van der Waals surface area contributed by atoms with E-state index in [2.05, 4.69) is 9.88 Å². The molecule has 1 aromatic heterocycles. The van der Waals surface area contributed by atoms with E-state index in [4.69, 9.17) is 19.2 Å². The SMILES string of the molecule is CCOc1ccccc1OCCn1c(CNC(=O)C2CCCO2)nc2ccccc21. The molecule has 0 radical (unpaired) electrons. The first-order valence-electron chi connectivity index (χ1n) is 10.4. The van der Waals surface area contributed by atoms with Crippen molar-refractivity contribution in [3.05, 3.63) is 54.4 Å². The zero-order valence-electron chi connectivity index (χ0n) is 17.2. The normalized spacial score (nSPS) is 16.0. The van der Waals surface area contributed by atoms with Crippen LogP contribution in [0.25, 0.3) is 11.0 Å². The molecular formula is C23H27N3O4. The van der Waals surface area contributed by atoms with Crippen LogP contribution < -0.4 is 14.8 Å². The lowest BCUT2D eigenvalue weighted by atomic mass is 10.2. The second-order valence-corrected chi connectivity index (χ2v) is 7.12. The summed E-state index contributed by atoms with van der Waals surface area (Å²) in [5.74, 6) is 2.17. The number of nitrogens with zero attached hydrogens (tertiary/aromatic N) is 2. The van der Waals surface area contributed by atoms with Crippen molar-refractivity contribution < 1.29 is 19.0 Å². The minimum Gasteiger partial charge on any atom is -0.490 e. The average Bonchev–Trinajstić information content (AvgIpc) is 3.42. The van der Waals surface area contributed by atoms with E-state index in [1.165, 1.54) is 0 Å². The summed E-state index contributed by atoms with van der Waals surface area (Å²) in [5.41, 5.74) is 1.91. The summed E-state index contributed by atoms with van der Waals surface area (Å²) in [4.78, 5) is 17.0. The second kappa shape index (κ2) is 9.63. The van der Waals surface area contributed by atoms with E-state index in [0.717, 1.165) is 41.2 Å². The van der Waals surface area contributed by atoms with Crippen LogP contribution in [0.5, 0.6) is 11.5 Å². The van der Waals surface area contributed by atoms with Gasteiger partial charge in [-0.2, -0.15) is 0 Å². The van der Waals surface area contributed by atoms with Crippen molar-refractivity contribution in [2.45, 2.75) is 39.0 Å². The van der Waals surface area contributed by atoms with Crippen molar-refractivity contribution in [3.63, 3.8) is 0 Å². The van der Waals surface area contributed by atoms with Crippen molar-refractivity contribution >= 4 is 16.9 Å². The Kier molecular flexibility index (Phi) is 6.49. The zero-order chi connectivity index (χ0) is 20.8. The summed E-state index contributed by atoms with van der Waals surface area (Å²) in [6, 6.07) is 15.6. The van der Waals surface area contributed by atoms with Gasteiger partial charge in [0.2, 0.25) is 5.91 Å². The average molecular weight is 409 g/mol. The monoisotopic (exact) mass is 409 g/mol. The van der Waals surface area contributed by atoms with Gasteiger partial charge in [-0.3, -0.25) is 4.79 Å². The minimum atomic E-state index is -0.346. The third-order valence-corrected chi connectivity index (χ3v) is 5.10. The maximum absolute atomic E-state index is 12.3. The Balaban J connectivity index is 1.46. The number of nitrogens with one attached hydrogen (secondary N) is 1. The van der Waals surface area contributed by atoms with Gasteiger partial charge in [0.05, 0.1) is 30.7 Å². The molecule has 1 aliphatic rings. The Morgan fingerprint density at radius 3 is 2.70 bits per heavy atom. The van der Waals surface area contributed by atoms with Gasteiger partial charge in [-0.15, -0.1) is 0 Å². The number of amides is 1. The maximum atomic E-state index is 12.3. The maximum Gasteiger partial charge on any atom is 0.249 e. The highest BCUT2D eigenvalue weighted by atomic mass is 16.5. The van der Waals surface area contributed by atoms with Gasteiger partial charge in [0.1, 0.15) is 18.5 Å². The first-order chi connectivity index (χ1) is 14.8. The fourth-order valence-corrected chi connectivity index (χ4v) is 3.67. The lowest BCUT2D eigenvalue weighted by Crippen LogP contribution is -2.34. The molecule has 1 aliphatic heterocycles. The Bertz CT molecular complexity index is 995. The Morgan fingerprint density at radius 1 is 1.17 bits per heavy atom. The summed E-state index contributed by atoms with van der Waals surface area (Å²) >= 11 is 0. The largest absolute Gasteiger partial charge is 0.490 e. The van der Waals surface area contributed by atoms with Crippen LogP contribution in [-0.4, -0.2) is 41.4 Å². The van der Waals surface area contributed by atoms with E-state index in [-0.39, 0.29) is 12.0 Å². The number of fused-ring (bicyclic) bond motifs is 1. The van der Waals surface area contributed by atoms with Crippen molar-refractivity contribution in [2.75, 3.05) is 19.8 Å². The second-order valence-electron chi connectivity index (χ2n) is 7.12. The van der Waals surface area contributed by atoms with Gasteiger partial charge in [-0.1, -0.05) is 24.3 Å². The van der Waals surface area contributed by atoms with Crippen LogP contribution in [0.2, 0.25) is 0 Å². The Morgan fingerprint density at radius 2 is 1.93 bits per heavy atom. The highest BCUT2D eigenvalue weighted by molar-refractivity contribution is 5.81. The molecule has 7 heteroatoms. The molecule has 0 saturated carbocycles. The first-order valence-corrected chi connectivity index (χ1v) is 10.4. The number of carbonyl (C=O) groups is 1. The van der Waals surface area contributed by atoms with Crippen LogP contribution >= 0.6 is 0 Å². The molecule has 2 aromatic carbocycles. The van der Waals surface area contributed by atoms with E-state index < -0.39 is 0 Å². The summed E-state index contributed by atoms with van der Waals surface area (Å²) in [7, 11) is 0. The number of carbonyl (C=O) groups excluding carboxylic acids is 1. The number of benzene rings is 2. The third-order valence-electron chi connectivity index (χ3n) is 5.10. The molecule has 1 atom stereocenters. The van der Waals surface area contributed by atoms with Gasteiger partial charge in [-0.25, -0.2) is 4.98 Å². The number of hydrogen-bond donors (Lipinski definition) is 1. The van der Waals surface area contributed by atoms with Crippen LogP contribution in [0.4, 0.5) is 0 Å². The number of para-hydroxylation sites is 4. The molecule has 30 heavy (non-hydrogen) atoms. The highest BCUT2D eigenvalue weighted by Gasteiger charge is 2.23. The number of rotatable bonds is 9. The van der Waals surface area contributed by atoms with E-state index in [9.17, 15) is 4.79 Å². The molecule has 7 nitrogen and oxygen atoms in total. The molecule has 1 unspecified atom stereocenters. The summed E-state index contributed by atoms with van der Waals surface area (Å²) < 4.78 is 19.2. The smallest absolute Gasteiger partial charge is 0.249 e. The molecule has 1 N–H and O–H groups in total. The summed E-state index contributed by atoms with van der Waals surface area (Å²) in [6.45, 7) is 4.59. The molecule has 1 amide bonds. The van der Waals surface area contributed by atoms with Crippen LogP contribution in [0.3, 0.4) is 0 Å². The summed E-state index contributed by atoms with van der Waals surface area (Å²) in [6.07, 6.45) is 1.35. The Labute approximate surface area is 176 Å². The molecule has 4 rings (SSSR count). The van der Waals surface area contributed by atoms with Crippen molar-refractivity contribution in [2.24, 2.45) is 0 Å². The molecule has 1 fully saturated rings. The topological polar surface area (TPSA) is 74.6 Å². The Hall–Kier alpha value is -3.06. The summed E-state index contributed by atoms with van der Waals surface area (Å²) in [5, 5.41) is 2.97. The fraction of sp³-hybridized carbons (Fsp3) is 0.391. The molecule has 0 aliphatic carbocycles. The molecular weight excluding hydrogens is 382 g/mol. The zero-order valence-corrected chi connectivity index (χ0v) is 17.2. The molecule has 3 aromatic rings. The van der Waals surface area contributed by atoms with Gasteiger partial charge >= 0.3 is 0 Å². The standard InChI is InChI=1S/C23H27N3O4/c1-2-28-19-10-5-6-11-20(19)30-15-13-26-18-9-4-3-8-17(18)25-22(26)16-24-23(27)21-12-7-14-29-21/h3-6,8-11,21H,2,7,12-16H2,1H3,(H,24,27). The van der Waals surface area contributed by atoms with Gasteiger partial charge < -0.3 is 24.1 Å². The van der Waals surface area contributed by atoms with Crippen LogP contribution in [0.15, 0.2) is 48.5 Å². The van der Waals surface area contributed by atoms with Crippen molar-refractivity contribution in [1.29, 1.82) is 0 Å². The van der Waals surface area contributed by atoms with Gasteiger partial charge in [0.15, 0.2) is 11.5 Å². The van der Waals surface area contributed by atoms with Crippen LogP contribution in [0.1, 0.15) is 25.6 Å². The van der Waals surface area contributed by atoms with Crippen molar-refractivity contribution in [3.8, 4) is 11.5 Å². The predicted molar refractivity (Wildman–Crippen MR) is 114 cm³/mol. The lowest BCUT2D eigenvalue weighted by molar-refractivity contribution is -0.130. The van der Waals surface area contributed by atoms with Crippen LogP contribution in [-0.2, 0) is 22.6 Å². The van der Waals surface area contributed by atoms with Gasteiger partial charge in [0, 0.05) is 6.61 Å². The van der Waals surface area contributed by atoms with E-state index >= 15 is 0 Å². The predicted octanol–water partition coefficient (Wildman–Crippen LogP) is 3.31. The molecule has 0 bridgehead atoms. The van der Waals surface area contributed by atoms with Crippen molar-refractivity contribution in [1.82, 2.24) is 14.9 Å². The number of imidazole rings is 1. The van der Waals surface area contributed by atoms with Crippen LogP contribution in [0, 0.1) is 0 Å². The molecule has 0 spiro atoms. The first kappa shape index (κ1) is 20.2. The molecule has 158 valence electrons. The minimum absolute atomic E-state index is 0.0759. The number of aromatic nitrogens is 2. The quantitative estimate of drug-likeness (QED) is 0.587. The van der Waals surface area contributed by atoms with E-state index in [1.807, 2.05) is 55.5 Å². The van der Waals surface area contributed by atoms with E-state index in [1.54, 1.807) is 0 Å². The van der Waals surface area contributed by atoms with E-state index in [0.29, 0.717) is 32.9 Å². The number of hydrogen-bond acceptors (Lipinski definition) is 5. The highest BCUT2D eigenvalue weighted by Crippen LogP contribution is 2.26. The van der Waals surface area contributed by atoms with Gasteiger partial charge in [0.25, 0.3) is 0 Å². The van der Waals surface area contributed by atoms with Gasteiger partial charge in [-0.05, 0) is 44.0 Å². The number of ether oxygens (including phenoxy) is 3. The molecule has 1 saturated heterocycles. The molecule has 2 heterocycles. The fourth-order valence-electron chi connectivity index (χ4n) is 3.67.